The Bertz CT molecular complexity index is 1790. The van der Waals surface area contributed by atoms with Crippen LogP contribution in [0, 0.1) is 10.8 Å². The number of rotatable bonds is 17. The van der Waals surface area contributed by atoms with E-state index in [-0.39, 0.29) is 22.3 Å². The van der Waals surface area contributed by atoms with Crippen LogP contribution >= 0.6 is 11.6 Å². The molecule has 18 nitrogen and oxygen atoms in total. The molecule has 0 fully saturated rings. The highest BCUT2D eigenvalue weighted by Gasteiger charge is 2.38. The summed E-state index contributed by atoms with van der Waals surface area (Å²) in [7, 11) is 0. The van der Waals surface area contributed by atoms with Gasteiger partial charge in [0.2, 0.25) is 0 Å². The maximum atomic E-state index is 12.8. The Morgan fingerprint density at radius 3 is 0.746 bits per heavy atom. The lowest BCUT2D eigenvalue weighted by Crippen LogP contribution is -2.44. The highest BCUT2D eigenvalue weighted by molar-refractivity contribution is 6.67. The van der Waals surface area contributed by atoms with Gasteiger partial charge in [0.05, 0.1) is 54.1 Å². The molecule has 0 atom stereocenters. The number of esters is 4. The molecular weight excluding hydrogens is 794 g/mol. The van der Waals surface area contributed by atoms with Crippen molar-refractivity contribution in [3.63, 3.8) is 0 Å². The van der Waals surface area contributed by atoms with Crippen molar-refractivity contribution < 1.29 is 63.3 Å². The molecule has 0 unspecified atom stereocenters. The van der Waals surface area contributed by atoms with Crippen LogP contribution in [0.5, 0.6) is 0 Å². The molecule has 0 aliphatic carbocycles. The summed E-state index contributed by atoms with van der Waals surface area (Å²) < 4.78 is 22.1. The van der Waals surface area contributed by atoms with Crippen molar-refractivity contribution in [3.05, 3.63) is 150 Å². The minimum absolute atomic E-state index is 0.213. The summed E-state index contributed by atoms with van der Waals surface area (Å²) in [6.07, 6.45) is 14.4. The van der Waals surface area contributed by atoms with Gasteiger partial charge in [-0.25, -0.2) is 19.2 Å². The average Bonchev–Trinajstić information content (AvgIpc) is 3.31. The van der Waals surface area contributed by atoms with Crippen LogP contribution in [0.25, 0.3) is 0 Å². The van der Waals surface area contributed by atoms with Crippen LogP contribution in [-0.4, -0.2) is 127 Å². The molecule has 0 radical (unpaired) electrons. The number of aromatic nitrogens is 5. The zero-order chi connectivity index (χ0) is 42.9. The number of aliphatic hydroxyl groups is 4. The molecule has 0 amide bonds. The standard InChI is InChI=1S/C29H24N4O8.C6H4ClNO.C5H12O4/c34-25(21-1-9-30-10-2-21)38-17-29(18-39-26(35)22-3-11-31-12-4-22,19-40-27(36)23-5-13-32-14-6-23)20-41-28(37)24-7-15-33-16-8-24;7-6(9)5-1-3-8-4-2-5;6-1-5(2-7,3-8)4-9/h1-16H,17-20H2;1-4H;6-9H,1-4H2. The van der Waals surface area contributed by atoms with Gasteiger partial charge in [-0.1, -0.05) is 0 Å². The van der Waals surface area contributed by atoms with E-state index in [1.54, 1.807) is 12.1 Å². The summed E-state index contributed by atoms with van der Waals surface area (Å²) in [5.41, 5.74) is -1.27. The van der Waals surface area contributed by atoms with Crippen LogP contribution in [0.2, 0.25) is 0 Å². The van der Waals surface area contributed by atoms with Gasteiger partial charge < -0.3 is 39.4 Å². The van der Waals surface area contributed by atoms with Crippen molar-refractivity contribution in [2.24, 2.45) is 10.8 Å². The SMILES string of the molecule is O=C(Cl)c1ccncc1.O=C(OCC(COC(=O)c1ccncc1)(COC(=O)c1ccncc1)COC(=O)c1ccncc1)c1ccncc1.OCC(CO)(CO)CO. The minimum atomic E-state index is -1.49. The lowest BCUT2D eigenvalue weighted by atomic mass is 9.92. The molecule has 4 N–H and O–H groups in total. The fraction of sp³-hybridized carbons (Fsp3) is 0.250. The molecule has 5 heterocycles. The maximum absolute atomic E-state index is 12.8. The molecule has 19 heteroatoms. The smallest absolute Gasteiger partial charge is 0.338 e. The molecule has 0 bridgehead atoms. The zero-order valence-electron chi connectivity index (χ0n) is 31.3. The fourth-order valence-electron chi connectivity index (χ4n) is 4.19. The molecule has 0 aromatic carbocycles. The van der Waals surface area contributed by atoms with Crippen molar-refractivity contribution in [3.8, 4) is 0 Å². The number of halogens is 1. The van der Waals surface area contributed by atoms with Crippen LogP contribution in [-0.2, 0) is 18.9 Å². The lowest BCUT2D eigenvalue weighted by Gasteiger charge is -2.31. The third-order valence-corrected chi connectivity index (χ3v) is 8.17. The summed E-state index contributed by atoms with van der Waals surface area (Å²) in [6.45, 7) is -3.38. The molecular formula is C40H40ClN5O13. The van der Waals surface area contributed by atoms with Crippen LogP contribution in [0.1, 0.15) is 51.8 Å². The quantitative estimate of drug-likeness (QED) is 0.0595. The second-order valence-electron chi connectivity index (χ2n) is 12.4. The van der Waals surface area contributed by atoms with Crippen LogP contribution in [0.3, 0.4) is 0 Å². The molecule has 0 saturated carbocycles. The first-order valence-corrected chi connectivity index (χ1v) is 17.7. The highest BCUT2D eigenvalue weighted by atomic mass is 35.5. The molecule has 0 spiro atoms. The Balaban J connectivity index is 0.000000425. The largest absolute Gasteiger partial charge is 0.461 e. The second kappa shape index (κ2) is 24.9. The predicted molar refractivity (Wildman–Crippen MR) is 206 cm³/mol. The molecule has 0 saturated heterocycles. The van der Waals surface area contributed by atoms with Crippen LogP contribution in [0.4, 0.5) is 0 Å². The molecule has 5 aromatic heterocycles. The summed E-state index contributed by atoms with van der Waals surface area (Å²) in [4.78, 5) is 80.7. The minimum Gasteiger partial charge on any atom is -0.461 e. The van der Waals surface area contributed by atoms with Gasteiger partial charge in [-0.15, -0.1) is 0 Å². The highest BCUT2D eigenvalue weighted by Crippen LogP contribution is 2.24. The number of carbonyl (C=O) groups is 5. The average molecular weight is 834 g/mol. The second-order valence-corrected chi connectivity index (χ2v) is 12.7. The van der Waals surface area contributed by atoms with E-state index in [1.807, 2.05) is 0 Å². The first-order chi connectivity index (χ1) is 28.5. The van der Waals surface area contributed by atoms with E-state index in [9.17, 15) is 24.0 Å². The predicted octanol–water partition coefficient (Wildman–Crippen LogP) is 2.38. The molecule has 0 aliphatic heterocycles. The normalized spacial score (nSPS) is 10.7. The summed E-state index contributed by atoms with van der Waals surface area (Å²) in [5, 5.41) is 33.5. The van der Waals surface area contributed by atoms with Crippen molar-refractivity contribution in [2.45, 2.75) is 0 Å². The third-order valence-electron chi connectivity index (χ3n) is 7.95. The number of nitrogens with zero attached hydrogens (tertiary/aromatic N) is 5. The zero-order valence-corrected chi connectivity index (χ0v) is 32.0. The number of aliphatic hydroxyl groups excluding tert-OH is 4. The van der Waals surface area contributed by atoms with Crippen LogP contribution in [0.15, 0.2) is 123 Å². The van der Waals surface area contributed by atoms with Gasteiger partial charge in [0.1, 0.15) is 31.8 Å². The van der Waals surface area contributed by atoms with E-state index in [4.69, 9.17) is 51.0 Å². The maximum Gasteiger partial charge on any atom is 0.338 e. The van der Waals surface area contributed by atoms with Crippen molar-refractivity contribution in [1.29, 1.82) is 0 Å². The van der Waals surface area contributed by atoms with Gasteiger partial charge in [-0.2, -0.15) is 0 Å². The number of pyridine rings is 5. The van der Waals surface area contributed by atoms with E-state index in [2.05, 4.69) is 24.9 Å². The Kier molecular flexibility index (Phi) is 19.8. The van der Waals surface area contributed by atoms with Crippen molar-refractivity contribution in [1.82, 2.24) is 24.9 Å². The monoisotopic (exact) mass is 833 g/mol. The molecule has 5 aromatic rings. The van der Waals surface area contributed by atoms with Gasteiger partial charge >= 0.3 is 23.9 Å². The van der Waals surface area contributed by atoms with Gasteiger partial charge in [-0.05, 0) is 72.3 Å². The summed E-state index contributed by atoms with van der Waals surface area (Å²) in [5.74, 6) is -2.84. The number of hydrogen-bond acceptors (Lipinski definition) is 18. The van der Waals surface area contributed by atoms with Gasteiger partial charge in [0.15, 0.2) is 0 Å². The van der Waals surface area contributed by atoms with E-state index in [0.717, 1.165) is 0 Å². The first kappa shape index (κ1) is 46.8. The Morgan fingerprint density at radius 2 is 0.593 bits per heavy atom. The Hall–Kier alpha value is -6.57. The van der Waals surface area contributed by atoms with Crippen molar-refractivity contribution in [2.75, 3.05) is 52.9 Å². The van der Waals surface area contributed by atoms with Gasteiger partial charge in [-0.3, -0.25) is 29.7 Å². The third kappa shape index (κ3) is 15.7. The Morgan fingerprint density at radius 1 is 0.390 bits per heavy atom. The van der Waals surface area contributed by atoms with Crippen LogP contribution < -0.4 is 0 Å². The molecule has 5 rings (SSSR count). The van der Waals surface area contributed by atoms with E-state index in [0.29, 0.717) is 5.56 Å². The summed E-state index contributed by atoms with van der Waals surface area (Å²) >= 11 is 5.14. The van der Waals surface area contributed by atoms with E-state index < -0.39 is 92.8 Å². The fourth-order valence-corrected chi connectivity index (χ4v) is 4.32. The Labute approximate surface area is 342 Å². The summed E-state index contributed by atoms with van der Waals surface area (Å²) in [6, 6.07) is 14.8. The first-order valence-electron chi connectivity index (χ1n) is 17.3. The van der Waals surface area contributed by atoms with Gasteiger partial charge in [0, 0.05) is 67.5 Å². The van der Waals surface area contributed by atoms with Crippen molar-refractivity contribution >= 4 is 40.7 Å². The topological polar surface area (TPSA) is 268 Å². The van der Waals surface area contributed by atoms with Gasteiger partial charge in [0.25, 0.3) is 5.24 Å². The van der Waals surface area contributed by atoms with E-state index >= 15 is 0 Å². The number of ether oxygens (including phenoxy) is 4. The van der Waals surface area contributed by atoms with E-state index in [1.165, 1.54) is 110 Å². The molecule has 310 valence electrons. The number of carbonyl (C=O) groups excluding carboxylic acids is 5. The number of hydrogen-bond donors (Lipinski definition) is 4. The molecule has 0 aliphatic rings. The molecule has 59 heavy (non-hydrogen) atoms. The lowest BCUT2D eigenvalue weighted by molar-refractivity contribution is -0.0642.